The van der Waals surface area contributed by atoms with Gasteiger partial charge in [0, 0.05) is 37.3 Å². The molecule has 2 aromatic carbocycles. The van der Waals surface area contributed by atoms with Gasteiger partial charge in [-0.15, -0.1) is 11.6 Å². The zero-order chi connectivity index (χ0) is 21.6. The van der Waals surface area contributed by atoms with Crippen LogP contribution in [-0.2, 0) is 23.1 Å². The van der Waals surface area contributed by atoms with Crippen LogP contribution in [0.1, 0.15) is 21.5 Å². The Morgan fingerprint density at radius 3 is 2.63 bits per heavy atom. The minimum absolute atomic E-state index is 0.00920. The fourth-order valence-corrected chi connectivity index (χ4v) is 4.71. The first kappa shape index (κ1) is 20.4. The Bertz CT molecular complexity index is 1270. The van der Waals surface area contributed by atoms with Crippen molar-refractivity contribution in [2.45, 2.75) is 13.1 Å². The van der Waals surface area contributed by atoms with Gasteiger partial charge >= 0.3 is 0 Å². The molecule has 0 saturated heterocycles. The Morgan fingerprint density at radius 2 is 1.97 bits per heavy atom. The lowest BCUT2D eigenvalue weighted by molar-refractivity contribution is 0.0764. The highest BCUT2D eigenvalue weighted by molar-refractivity contribution is 7.93. The lowest BCUT2D eigenvalue weighted by atomic mass is 10.0. The van der Waals surface area contributed by atoms with Crippen LogP contribution < -0.4 is 4.31 Å². The minimum Gasteiger partial charge on any atom is -0.505 e. The average Bonchev–Trinajstić information content (AvgIpc) is 3.06. The second kappa shape index (κ2) is 7.41. The zero-order valence-electron chi connectivity index (χ0n) is 15.8. The Balaban J connectivity index is 1.88. The molecule has 4 rings (SSSR count). The van der Waals surface area contributed by atoms with Gasteiger partial charge in [0.05, 0.1) is 11.3 Å². The highest BCUT2D eigenvalue weighted by Gasteiger charge is 2.37. The van der Waals surface area contributed by atoms with Crippen LogP contribution in [0.2, 0.25) is 0 Å². The van der Waals surface area contributed by atoms with Gasteiger partial charge in [0.1, 0.15) is 16.5 Å². The number of hydrogen-bond donors (Lipinski definition) is 1. The number of phenolic OH excluding ortho intramolecular Hbond substituents is 1. The lowest BCUT2D eigenvalue weighted by Crippen LogP contribution is -2.28. The Hall–Kier alpha value is -2.91. The third-order valence-electron chi connectivity index (χ3n) is 5.12. The number of aromatic hydroxyl groups is 1. The molecule has 1 aliphatic heterocycles. The van der Waals surface area contributed by atoms with Gasteiger partial charge in [-0.05, 0) is 29.8 Å². The number of rotatable bonds is 5. The van der Waals surface area contributed by atoms with E-state index in [1.54, 1.807) is 24.3 Å². The summed E-state index contributed by atoms with van der Waals surface area (Å²) in [5.74, 6) is -1.15. The van der Waals surface area contributed by atoms with Gasteiger partial charge in [-0.25, -0.2) is 12.8 Å². The SMILES string of the molecule is CN(c1c2c(c(O)c3ncccc13)C(=O)N(Cc1ccc(F)cc1)C2)S(=O)(=O)CCl. The summed E-state index contributed by atoms with van der Waals surface area (Å²) < 4.78 is 39.2. The predicted octanol–water partition coefficient (Wildman–Crippen LogP) is 3.20. The van der Waals surface area contributed by atoms with Crippen molar-refractivity contribution < 1.29 is 22.7 Å². The molecule has 1 N–H and O–H groups in total. The van der Waals surface area contributed by atoms with E-state index < -0.39 is 21.1 Å². The molecule has 7 nitrogen and oxygen atoms in total. The van der Waals surface area contributed by atoms with Crippen LogP contribution in [0.15, 0.2) is 42.6 Å². The number of amides is 1. The summed E-state index contributed by atoms with van der Waals surface area (Å²) in [4.78, 5) is 18.7. The van der Waals surface area contributed by atoms with Crippen molar-refractivity contribution in [2.75, 3.05) is 16.6 Å². The number of pyridine rings is 1. The molecular formula is C20H17ClFN3O4S. The molecule has 0 spiro atoms. The molecule has 10 heteroatoms. The van der Waals surface area contributed by atoms with Gasteiger partial charge in [-0.3, -0.25) is 14.1 Å². The molecule has 0 fully saturated rings. The van der Waals surface area contributed by atoms with Crippen molar-refractivity contribution in [3.63, 3.8) is 0 Å². The molecule has 1 aromatic heterocycles. The lowest BCUT2D eigenvalue weighted by Gasteiger charge is -2.23. The molecule has 3 aromatic rings. The molecule has 0 saturated carbocycles. The minimum atomic E-state index is -3.86. The molecule has 2 heterocycles. The van der Waals surface area contributed by atoms with Crippen LogP contribution in [0, 0.1) is 5.82 Å². The molecule has 30 heavy (non-hydrogen) atoms. The maximum atomic E-state index is 13.2. The van der Waals surface area contributed by atoms with Crippen LogP contribution in [-0.4, -0.2) is 41.6 Å². The monoisotopic (exact) mass is 449 g/mol. The third-order valence-corrected chi connectivity index (χ3v) is 7.24. The zero-order valence-corrected chi connectivity index (χ0v) is 17.4. The van der Waals surface area contributed by atoms with Crippen LogP contribution >= 0.6 is 11.6 Å². The molecular weight excluding hydrogens is 433 g/mol. The number of nitrogens with zero attached hydrogens (tertiary/aromatic N) is 3. The second-order valence-electron chi connectivity index (χ2n) is 6.93. The van der Waals surface area contributed by atoms with Crippen molar-refractivity contribution in [3.05, 3.63) is 65.1 Å². The van der Waals surface area contributed by atoms with E-state index in [2.05, 4.69) is 4.98 Å². The van der Waals surface area contributed by atoms with Gasteiger partial charge in [0.2, 0.25) is 10.0 Å². The third kappa shape index (κ3) is 3.23. The van der Waals surface area contributed by atoms with E-state index in [4.69, 9.17) is 11.6 Å². The topological polar surface area (TPSA) is 90.8 Å². The smallest absolute Gasteiger partial charge is 0.258 e. The second-order valence-corrected chi connectivity index (χ2v) is 9.51. The summed E-state index contributed by atoms with van der Waals surface area (Å²) in [5, 5.41) is 10.5. The molecule has 156 valence electrons. The fraction of sp³-hybridized carbons (Fsp3) is 0.200. The van der Waals surface area contributed by atoms with Crippen LogP contribution in [0.25, 0.3) is 10.9 Å². The first-order chi connectivity index (χ1) is 14.2. The average molecular weight is 450 g/mol. The Morgan fingerprint density at radius 1 is 1.27 bits per heavy atom. The number of hydrogen-bond acceptors (Lipinski definition) is 5. The number of fused-ring (bicyclic) bond motifs is 2. The summed E-state index contributed by atoms with van der Waals surface area (Å²) in [6, 6.07) is 8.97. The van der Waals surface area contributed by atoms with Gasteiger partial charge in [0.25, 0.3) is 5.91 Å². The summed E-state index contributed by atoms with van der Waals surface area (Å²) in [6.07, 6.45) is 1.45. The number of carbonyl (C=O) groups is 1. The van der Waals surface area contributed by atoms with E-state index >= 15 is 0 Å². The normalized spacial score (nSPS) is 13.7. The number of carbonyl (C=O) groups excluding carboxylic acids is 1. The summed E-state index contributed by atoms with van der Waals surface area (Å²) in [5.41, 5.74) is 1.45. The number of phenols is 1. The highest BCUT2D eigenvalue weighted by Crippen LogP contribution is 2.44. The van der Waals surface area contributed by atoms with Gasteiger partial charge in [-0.2, -0.15) is 0 Å². The van der Waals surface area contributed by atoms with Crippen molar-refractivity contribution in [3.8, 4) is 5.75 Å². The van der Waals surface area contributed by atoms with E-state index in [9.17, 15) is 22.7 Å². The summed E-state index contributed by atoms with van der Waals surface area (Å²) in [7, 11) is -2.51. The molecule has 1 aliphatic rings. The maximum Gasteiger partial charge on any atom is 0.258 e. The predicted molar refractivity (Wildman–Crippen MR) is 111 cm³/mol. The van der Waals surface area contributed by atoms with Crippen LogP contribution in [0.4, 0.5) is 10.1 Å². The molecule has 0 unspecified atom stereocenters. The Kier molecular flexibility index (Phi) is 5.03. The van der Waals surface area contributed by atoms with E-state index in [-0.39, 0.29) is 41.4 Å². The highest BCUT2D eigenvalue weighted by atomic mass is 35.5. The van der Waals surface area contributed by atoms with Crippen LogP contribution in [0.5, 0.6) is 5.75 Å². The largest absolute Gasteiger partial charge is 0.505 e. The van der Waals surface area contributed by atoms with Crippen LogP contribution in [0.3, 0.4) is 0 Å². The van der Waals surface area contributed by atoms with E-state index in [0.29, 0.717) is 16.5 Å². The van der Waals surface area contributed by atoms with Gasteiger partial charge in [0.15, 0.2) is 5.75 Å². The molecule has 0 radical (unpaired) electrons. The fourth-order valence-electron chi connectivity index (χ4n) is 3.64. The quantitative estimate of drug-likeness (QED) is 0.604. The standard InChI is InChI=1S/C20H17ClFN3O4S/c1-24(30(28,29)11-21)18-14-3-2-8-23-17(14)19(26)16-15(18)10-25(20(16)27)9-12-4-6-13(22)7-5-12/h2-8,26H,9-11H2,1H3. The van der Waals surface area contributed by atoms with Gasteiger partial charge < -0.3 is 10.0 Å². The molecule has 1 amide bonds. The van der Waals surface area contributed by atoms with Crippen molar-refractivity contribution >= 4 is 44.1 Å². The number of aromatic nitrogens is 1. The summed E-state index contributed by atoms with van der Waals surface area (Å²) >= 11 is 5.65. The van der Waals surface area contributed by atoms with E-state index in [0.717, 1.165) is 4.31 Å². The molecule has 0 aliphatic carbocycles. The molecule has 0 atom stereocenters. The number of sulfonamides is 1. The number of anilines is 1. The first-order valence-electron chi connectivity index (χ1n) is 8.93. The van der Waals surface area contributed by atoms with E-state index in [1.807, 2.05) is 0 Å². The number of halogens is 2. The molecule has 0 bridgehead atoms. The van der Waals surface area contributed by atoms with E-state index in [1.165, 1.54) is 30.3 Å². The Labute approximate surface area is 177 Å². The first-order valence-corrected chi connectivity index (χ1v) is 11.1. The van der Waals surface area contributed by atoms with Crippen molar-refractivity contribution in [1.82, 2.24) is 9.88 Å². The summed E-state index contributed by atoms with van der Waals surface area (Å²) in [6.45, 7) is 0.240. The number of benzene rings is 2. The maximum absolute atomic E-state index is 13.2. The van der Waals surface area contributed by atoms with Crippen molar-refractivity contribution in [1.29, 1.82) is 0 Å². The van der Waals surface area contributed by atoms with Gasteiger partial charge in [-0.1, -0.05) is 12.1 Å². The number of alkyl halides is 1. The van der Waals surface area contributed by atoms with Crippen molar-refractivity contribution in [2.24, 2.45) is 0 Å².